The molecule has 3 rings (SSSR count). The molecule has 0 saturated heterocycles. The van der Waals surface area contributed by atoms with E-state index in [0.29, 0.717) is 12.0 Å². The van der Waals surface area contributed by atoms with Gasteiger partial charge in [-0.15, -0.1) is 5.73 Å². The van der Waals surface area contributed by atoms with E-state index in [2.05, 4.69) is 28.3 Å². The molecule has 1 aromatic carbocycles. The summed E-state index contributed by atoms with van der Waals surface area (Å²) in [7, 11) is 0. The zero-order valence-electron chi connectivity index (χ0n) is 22.1. The van der Waals surface area contributed by atoms with Crippen molar-refractivity contribution in [2.45, 2.75) is 59.8 Å². The summed E-state index contributed by atoms with van der Waals surface area (Å²) in [4.78, 5) is 34.6. The maximum atomic E-state index is 13.3. The molecule has 0 fully saturated rings. The van der Waals surface area contributed by atoms with Crippen LogP contribution in [0, 0.1) is 6.92 Å². The van der Waals surface area contributed by atoms with Gasteiger partial charge in [-0.3, -0.25) is 9.59 Å². The normalized spacial score (nSPS) is 16.0. The van der Waals surface area contributed by atoms with E-state index < -0.39 is 5.41 Å². The lowest BCUT2D eigenvalue weighted by Crippen LogP contribution is -2.27. The van der Waals surface area contributed by atoms with E-state index in [-0.39, 0.29) is 11.6 Å². The molecule has 36 heavy (non-hydrogen) atoms. The Balaban J connectivity index is 2.03. The van der Waals surface area contributed by atoms with Crippen molar-refractivity contribution in [3.8, 4) is 11.1 Å². The topological polar surface area (TPSA) is 59.9 Å². The second-order valence-corrected chi connectivity index (χ2v) is 9.76. The van der Waals surface area contributed by atoms with Crippen molar-refractivity contribution in [2.24, 2.45) is 0 Å². The average Bonchev–Trinajstić information content (AvgIpc) is 2.95. The van der Waals surface area contributed by atoms with Gasteiger partial charge in [-0.05, 0) is 93.5 Å². The predicted octanol–water partition coefficient (Wildman–Crippen LogP) is 6.92. The number of aromatic nitrogens is 2. The molecule has 0 unspecified atom stereocenters. The first-order valence-electron chi connectivity index (χ1n) is 12.2. The Morgan fingerprint density at radius 2 is 1.83 bits per heavy atom. The highest BCUT2D eigenvalue weighted by molar-refractivity contribution is 6.06. The average molecular weight is 479 g/mol. The Morgan fingerprint density at radius 1 is 1.14 bits per heavy atom. The Morgan fingerprint density at radius 3 is 2.47 bits per heavy atom. The van der Waals surface area contributed by atoms with Crippen LogP contribution in [0.25, 0.3) is 11.1 Å². The molecule has 0 aliphatic heterocycles. The Hall–Kier alpha value is -3.88. The van der Waals surface area contributed by atoms with Gasteiger partial charge in [0.1, 0.15) is 5.82 Å². The number of hydrogen-bond donors (Lipinski definition) is 0. The molecule has 0 spiro atoms. The first-order valence-corrected chi connectivity index (χ1v) is 12.2. The van der Waals surface area contributed by atoms with Crippen LogP contribution in [0.3, 0.4) is 0 Å². The molecular formula is C32H34N2O2. The lowest BCUT2D eigenvalue weighted by atomic mass is 9.78. The van der Waals surface area contributed by atoms with Gasteiger partial charge in [0.25, 0.3) is 0 Å². The van der Waals surface area contributed by atoms with E-state index in [0.717, 1.165) is 51.2 Å². The van der Waals surface area contributed by atoms with Crippen LogP contribution in [-0.2, 0) is 21.4 Å². The lowest BCUT2D eigenvalue weighted by molar-refractivity contribution is -0.118. The minimum Gasteiger partial charge on any atom is -0.294 e. The van der Waals surface area contributed by atoms with E-state index in [9.17, 15) is 9.59 Å². The third kappa shape index (κ3) is 6.02. The fourth-order valence-electron chi connectivity index (χ4n) is 4.09. The molecule has 0 amide bonds. The Labute approximate surface area is 214 Å². The highest BCUT2D eigenvalue weighted by atomic mass is 16.1. The molecule has 1 aliphatic rings. The van der Waals surface area contributed by atoms with Crippen molar-refractivity contribution in [2.75, 3.05) is 0 Å². The number of rotatable bonds is 7. The molecular weight excluding hydrogens is 444 g/mol. The van der Waals surface area contributed by atoms with Crippen molar-refractivity contribution >= 4 is 11.6 Å². The van der Waals surface area contributed by atoms with Gasteiger partial charge in [-0.2, -0.15) is 0 Å². The lowest BCUT2D eigenvalue weighted by Gasteiger charge is -2.24. The van der Waals surface area contributed by atoms with E-state index in [1.165, 1.54) is 0 Å². The summed E-state index contributed by atoms with van der Waals surface area (Å²) in [6.45, 7) is 15.3. The van der Waals surface area contributed by atoms with Crippen molar-refractivity contribution in [1.29, 1.82) is 0 Å². The minimum atomic E-state index is -0.648. The van der Waals surface area contributed by atoms with Gasteiger partial charge in [-0.1, -0.05) is 49.4 Å². The van der Waals surface area contributed by atoms with Crippen LogP contribution in [0.1, 0.15) is 58.0 Å². The van der Waals surface area contributed by atoms with Gasteiger partial charge in [0.05, 0.1) is 5.41 Å². The van der Waals surface area contributed by atoms with Crippen LogP contribution < -0.4 is 0 Å². The second-order valence-electron chi connectivity index (χ2n) is 9.76. The SMILES string of the molecule is C=C=C/C(=C\C=C(/C)C1=CC(=O)C(C)(C)c2ccc(-c3cnc(C)nc3)cc2C1)C(=O)/C=C(\C)CC. The number of aryl methyl sites for hydroxylation is 1. The Kier molecular flexibility index (Phi) is 8.34. The molecule has 1 heterocycles. The maximum Gasteiger partial charge on any atom is 0.186 e. The van der Waals surface area contributed by atoms with Crippen LogP contribution in [0.4, 0.5) is 0 Å². The fraction of sp³-hybridized carbons (Fsp3) is 0.281. The van der Waals surface area contributed by atoms with Gasteiger partial charge < -0.3 is 0 Å². The number of hydrogen-bond acceptors (Lipinski definition) is 4. The van der Waals surface area contributed by atoms with Gasteiger partial charge in [-0.25, -0.2) is 9.97 Å². The number of benzene rings is 1. The summed E-state index contributed by atoms with van der Waals surface area (Å²) in [5.41, 5.74) is 9.48. The molecule has 4 heteroatoms. The molecule has 0 atom stereocenters. The zero-order chi connectivity index (χ0) is 26.5. The van der Waals surface area contributed by atoms with Gasteiger partial charge >= 0.3 is 0 Å². The smallest absolute Gasteiger partial charge is 0.186 e. The number of carbonyl (C=O) groups excluding carboxylic acids is 2. The van der Waals surface area contributed by atoms with Crippen molar-refractivity contribution in [1.82, 2.24) is 9.97 Å². The first kappa shape index (κ1) is 26.7. The number of ketones is 2. The van der Waals surface area contributed by atoms with Crippen molar-refractivity contribution in [3.63, 3.8) is 0 Å². The van der Waals surface area contributed by atoms with Crippen LogP contribution in [0.15, 0.2) is 95.6 Å². The molecule has 1 aliphatic carbocycles. The molecule has 0 radical (unpaired) electrons. The van der Waals surface area contributed by atoms with E-state index in [4.69, 9.17) is 0 Å². The summed E-state index contributed by atoms with van der Waals surface area (Å²) in [6, 6.07) is 6.21. The standard InChI is InChI=1S/C32H34N2O2/c1-8-10-24(30(35)15-21(3)9-2)12-11-22(4)26-17-27-16-25(28-19-33-23(5)34-20-28)13-14-29(27)32(6,7)31(36)18-26/h10-16,18-20H,1,9,17H2,2-7H3/b21-15+,22-11+,24-12+. The third-order valence-corrected chi connectivity index (χ3v) is 6.69. The molecule has 0 saturated carbocycles. The number of allylic oxidation sites excluding steroid dienone is 9. The Bertz CT molecular complexity index is 1360. The second kappa shape index (κ2) is 11.2. The van der Waals surface area contributed by atoms with Crippen LogP contribution in [0.2, 0.25) is 0 Å². The van der Waals surface area contributed by atoms with E-state index >= 15 is 0 Å². The maximum absolute atomic E-state index is 13.3. The number of nitrogens with zero attached hydrogens (tertiary/aromatic N) is 2. The monoisotopic (exact) mass is 478 g/mol. The van der Waals surface area contributed by atoms with E-state index in [1.54, 1.807) is 24.3 Å². The summed E-state index contributed by atoms with van der Waals surface area (Å²) >= 11 is 0. The van der Waals surface area contributed by atoms with E-state index in [1.807, 2.05) is 72.1 Å². The third-order valence-electron chi connectivity index (χ3n) is 6.69. The molecule has 4 nitrogen and oxygen atoms in total. The molecule has 1 aromatic heterocycles. The summed E-state index contributed by atoms with van der Waals surface area (Å²) in [5, 5.41) is 0. The van der Waals surface area contributed by atoms with Crippen molar-refractivity contribution < 1.29 is 9.59 Å². The minimum absolute atomic E-state index is 0.0585. The number of fused-ring (bicyclic) bond motifs is 1. The molecule has 2 aromatic rings. The number of carbonyl (C=O) groups is 2. The van der Waals surface area contributed by atoms with Crippen LogP contribution in [-0.4, -0.2) is 21.5 Å². The highest BCUT2D eigenvalue weighted by Gasteiger charge is 2.33. The summed E-state index contributed by atoms with van der Waals surface area (Å²) in [6.07, 6.45) is 13.7. The quantitative estimate of drug-likeness (QED) is 0.246. The van der Waals surface area contributed by atoms with Gasteiger partial charge in [0.15, 0.2) is 11.6 Å². The molecule has 184 valence electrons. The van der Waals surface area contributed by atoms with Gasteiger partial charge in [0, 0.05) is 23.5 Å². The largest absolute Gasteiger partial charge is 0.294 e. The van der Waals surface area contributed by atoms with Gasteiger partial charge in [0.2, 0.25) is 0 Å². The fourth-order valence-corrected chi connectivity index (χ4v) is 4.09. The summed E-state index contributed by atoms with van der Waals surface area (Å²) in [5.74, 6) is 0.698. The molecule has 0 bridgehead atoms. The van der Waals surface area contributed by atoms with Crippen LogP contribution >= 0.6 is 0 Å². The van der Waals surface area contributed by atoms with Crippen molar-refractivity contribution in [3.05, 3.63) is 113 Å². The summed E-state index contributed by atoms with van der Waals surface area (Å²) < 4.78 is 0. The highest BCUT2D eigenvalue weighted by Crippen LogP contribution is 2.36. The predicted molar refractivity (Wildman–Crippen MR) is 147 cm³/mol. The first-order chi connectivity index (χ1) is 17.1. The molecule has 0 N–H and O–H groups in total. The van der Waals surface area contributed by atoms with Crippen LogP contribution in [0.5, 0.6) is 0 Å². The zero-order valence-corrected chi connectivity index (χ0v) is 22.1.